The number of rotatable bonds is 6. The molecule has 1 aliphatic carbocycles. The van der Waals surface area contributed by atoms with Crippen molar-refractivity contribution in [2.45, 2.75) is 39.3 Å². The molecule has 0 saturated heterocycles. The Labute approximate surface area is 127 Å². The van der Waals surface area contributed by atoms with E-state index in [0.29, 0.717) is 5.92 Å². The minimum atomic E-state index is 0.629. The zero-order valence-electron chi connectivity index (χ0n) is 13.3. The monoisotopic (exact) mass is 283 g/mol. The van der Waals surface area contributed by atoms with Gasteiger partial charge < -0.3 is 10.2 Å². The lowest BCUT2D eigenvalue weighted by atomic mass is 10.1. The Morgan fingerprint density at radius 1 is 1.29 bits per heavy atom. The van der Waals surface area contributed by atoms with E-state index >= 15 is 0 Å². The van der Waals surface area contributed by atoms with Crippen LogP contribution in [0.4, 0.5) is 5.82 Å². The molecule has 2 aromatic rings. The van der Waals surface area contributed by atoms with Gasteiger partial charge in [0, 0.05) is 31.6 Å². The first-order valence-electron chi connectivity index (χ1n) is 7.96. The maximum absolute atomic E-state index is 4.92. The first-order valence-corrected chi connectivity index (χ1v) is 7.96. The van der Waals surface area contributed by atoms with E-state index in [1.165, 1.54) is 23.6 Å². The standard InChI is InChI=1S/C18H25N3/c1-13(2)12-21(3)18-17-7-5-4-6-14(17)10-16(20-18)11-19-15-8-9-15/h4-7,10,13,15,19H,8-9,11-12H2,1-3H3. The zero-order valence-corrected chi connectivity index (χ0v) is 13.3. The SMILES string of the molecule is CC(C)CN(C)c1nc(CNC2CC2)cc2ccccc12. The third kappa shape index (κ3) is 3.53. The fourth-order valence-electron chi connectivity index (χ4n) is 2.79. The van der Waals surface area contributed by atoms with E-state index in [-0.39, 0.29) is 0 Å². The lowest BCUT2D eigenvalue weighted by Crippen LogP contribution is -2.24. The van der Waals surface area contributed by atoms with Crippen molar-refractivity contribution in [3.8, 4) is 0 Å². The van der Waals surface area contributed by atoms with Crippen LogP contribution in [0, 0.1) is 5.92 Å². The van der Waals surface area contributed by atoms with Crippen molar-refractivity contribution in [2.24, 2.45) is 5.92 Å². The summed E-state index contributed by atoms with van der Waals surface area (Å²) in [4.78, 5) is 7.20. The van der Waals surface area contributed by atoms with E-state index in [1.54, 1.807) is 0 Å². The fourth-order valence-corrected chi connectivity index (χ4v) is 2.79. The first kappa shape index (κ1) is 14.3. The summed E-state index contributed by atoms with van der Waals surface area (Å²) in [7, 11) is 2.15. The minimum Gasteiger partial charge on any atom is -0.359 e. The van der Waals surface area contributed by atoms with E-state index in [4.69, 9.17) is 4.98 Å². The number of aromatic nitrogens is 1. The number of nitrogens with one attached hydrogen (secondary N) is 1. The maximum Gasteiger partial charge on any atom is 0.136 e. The molecule has 0 aliphatic heterocycles. The average Bonchev–Trinajstić information content (AvgIpc) is 3.27. The van der Waals surface area contributed by atoms with Gasteiger partial charge in [-0.2, -0.15) is 0 Å². The quantitative estimate of drug-likeness (QED) is 0.878. The van der Waals surface area contributed by atoms with Crippen molar-refractivity contribution in [2.75, 3.05) is 18.5 Å². The molecule has 0 amide bonds. The van der Waals surface area contributed by atoms with Gasteiger partial charge in [-0.05, 0) is 30.2 Å². The number of benzene rings is 1. The van der Waals surface area contributed by atoms with E-state index in [2.05, 4.69) is 61.4 Å². The predicted octanol–water partition coefficient (Wildman–Crippen LogP) is 3.58. The second kappa shape index (κ2) is 6.02. The second-order valence-corrected chi connectivity index (χ2v) is 6.59. The first-order chi connectivity index (χ1) is 10.1. The van der Waals surface area contributed by atoms with Gasteiger partial charge in [-0.25, -0.2) is 4.98 Å². The topological polar surface area (TPSA) is 28.2 Å². The summed E-state index contributed by atoms with van der Waals surface area (Å²) in [5.41, 5.74) is 1.14. The van der Waals surface area contributed by atoms with E-state index in [9.17, 15) is 0 Å². The molecule has 0 unspecified atom stereocenters. The molecule has 0 bridgehead atoms. The minimum absolute atomic E-state index is 0.629. The van der Waals surface area contributed by atoms with Crippen LogP contribution in [0.5, 0.6) is 0 Å². The molecule has 1 aromatic heterocycles. The van der Waals surface area contributed by atoms with Gasteiger partial charge in [0.05, 0.1) is 5.69 Å². The Hall–Kier alpha value is -1.61. The lowest BCUT2D eigenvalue weighted by Gasteiger charge is -2.23. The highest BCUT2D eigenvalue weighted by Gasteiger charge is 2.20. The zero-order chi connectivity index (χ0) is 14.8. The van der Waals surface area contributed by atoms with Crippen LogP contribution in [0.3, 0.4) is 0 Å². The molecule has 3 rings (SSSR count). The van der Waals surface area contributed by atoms with Gasteiger partial charge in [0.25, 0.3) is 0 Å². The number of pyridine rings is 1. The van der Waals surface area contributed by atoms with Gasteiger partial charge in [0.15, 0.2) is 0 Å². The van der Waals surface area contributed by atoms with Crippen molar-refractivity contribution in [1.82, 2.24) is 10.3 Å². The Balaban J connectivity index is 1.93. The summed E-state index contributed by atoms with van der Waals surface area (Å²) in [6, 6.07) is 11.5. The summed E-state index contributed by atoms with van der Waals surface area (Å²) in [5.74, 6) is 1.73. The molecule has 112 valence electrons. The van der Waals surface area contributed by atoms with Crippen LogP contribution in [-0.4, -0.2) is 24.6 Å². The summed E-state index contributed by atoms with van der Waals surface area (Å²) in [6.45, 7) is 6.39. The van der Waals surface area contributed by atoms with Crippen LogP contribution >= 0.6 is 0 Å². The van der Waals surface area contributed by atoms with Crippen molar-refractivity contribution < 1.29 is 0 Å². The normalized spacial score (nSPS) is 14.9. The van der Waals surface area contributed by atoms with Crippen molar-refractivity contribution in [3.05, 3.63) is 36.0 Å². The molecule has 0 spiro atoms. The van der Waals surface area contributed by atoms with E-state index in [1.807, 2.05) is 0 Å². The smallest absolute Gasteiger partial charge is 0.136 e. The Morgan fingerprint density at radius 2 is 2.05 bits per heavy atom. The predicted molar refractivity (Wildman–Crippen MR) is 89.7 cm³/mol. The Morgan fingerprint density at radius 3 is 2.76 bits per heavy atom. The molecule has 21 heavy (non-hydrogen) atoms. The van der Waals surface area contributed by atoms with Gasteiger partial charge in [0.2, 0.25) is 0 Å². The van der Waals surface area contributed by atoms with Crippen LogP contribution in [-0.2, 0) is 6.54 Å². The molecule has 0 atom stereocenters. The third-order valence-corrected chi connectivity index (χ3v) is 3.92. The molecule has 1 aromatic carbocycles. The van der Waals surface area contributed by atoms with Crippen molar-refractivity contribution >= 4 is 16.6 Å². The summed E-state index contributed by atoms with van der Waals surface area (Å²) < 4.78 is 0. The highest BCUT2D eigenvalue weighted by atomic mass is 15.2. The molecule has 1 saturated carbocycles. The van der Waals surface area contributed by atoms with Gasteiger partial charge in [0.1, 0.15) is 5.82 Å². The summed E-state index contributed by atoms with van der Waals surface area (Å²) >= 11 is 0. The molecule has 3 heteroatoms. The number of hydrogen-bond donors (Lipinski definition) is 1. The van der Waals surface area contributed by atoms with E-state index < -0.39 is 0 Å². The van der Waals surface area contributed by atoms with E-state index in [0.717, 1.165) is 30.6 Å². The number of nitrogens with zero attached hydrogens (tertiary/aromatic N) is 2. The Bertz CT molecular complexity index is 617. The highest BCUT2D eigenvalue weighted by molar-refractivity contribution is 5.92. The van der Waals surface area contributed by atoms with Crippen LogP contribution in [0.2, 0.25) is 0 Å². The Kier molecular flexibility index (Phi) is 4.11. The van der Waals surface area contributed by atoms with Gasteiger partial charge in [-0.1, -0.05) is 38.1 Å². The number of fused-ring (bicyclic) bond motifs is 1. The van der Waals surface area contributed by atoms with Crippen molar-refractivity contribution in [3.63, 3.8) is 0 Å². The molecule has 3 nitrogen and oxygen atoms in total. The largest absolute Gasteiger partial charge is 0.359 e. The third-order valence-electron chi connectivity index (χ3n) is 3.92. The fraction of sp³-hybridized carbons (Fsp3) is 0.500. The average molecular weight is 283 g/mol. The molecule has 1 heterocycles. The lowest BCUT2D eigenvalue weighted by molar-refractivity contribution is 0.632. The molecular formula is C18H25N3. The van der Waals surface area contributed by atoms with Crippen LogP contribution in [0.25, 0.3) is 10.8 Å². The molecule has 1 N–H and O–H groups in total. The maximum atomic E-state index is 4.92. The summed E-state index contributed by atoms with van der Waals surface area (Å²) in [5, 5.41) is 6.09. The highest BCUT2D eigenvalue weighted by Crippen LogP contribution is 2.26. The molecule has 1 aliphatic rings. The molecule has 1 fully saturated rings. The van der Waals surface area contributed by atoms with Crippen LogP contribution in [0.15, 0.2) is 30.3 Å². The second-order valence-electron chi connectivity index (χ2n) is 6.59. The number of hydrogen-bond acceptors (Lipinski definition) is 3. The number of anilines is 1. The van der Waals surface area contributed by atoms with Crippen molar-refractivity contribution in [1.29, 1.82) is 0 Å². The van der Waals surface area contributed by atoms with Gasteiger partial charge in [-0.15, -0.1) is 0 Å². The summed E-state index contributed by atoms with van der Waals surface area (Å²) in [6.07, 6.45) is 2.63. The molecule has 0 radical (unpaired) electrons. The van der Waals surface area contributed by atoms with Crippen LogP contribution < -0.4 is 10.2 Å². The van der Waals surface area contributed by atoms with Crippen LogP contribution in [0.1, 0.15) is 32.4 Å². The van der Waals surface area contributed by atoms with Gasteiger partial charge >= 0.3 is 0 Å². The molecular weight excluding hydrogens is 258 g/mol. The van der Waals surface area contributed by atoms with Gasteiger partial charge in [-0.3, -0.25) is 0 Å².